The molecule has 2 N–H and O–H groups in total. The molecule has 1 saturated heterocycles. The van der Waals surface area contributed by atoms with E-state index in [1.807, 2.05) is 31.4 Å². The van der Waals surface area contributed by atoms with Crippen molar-refractivity contribution in [2.75, 3.05) is 38.1 Å². The number of aryl methyl sites for hydroxylation is 1. The maximum atomic E-state index is 4.60. The van der Waals surface area contributed by atoms with Crippen LogP contribution in [0.5, 0.6) is 0 Å². The van der Waals surface area contributed by atoms with Gasteiger partial charge in [-0.25, -0.2) is 9.97 Å². The molecule has 1 fully saturated rings. The van der Waals surface area contributed by atoms with Crippen molar-refractivity contribution in [3.63, 3.8) is 0 Å². The molecule has 0 spiro atoms. The zero-order chi connectivity index (χ0) is 20.1. The lowest BCUT2D eigenvalue weighted by Gasteiger charge is -2.36. The Morgan fingerprint density at radius 1 is 1.20 bits per heavy atom. The van der Waals surface area contributed by atoms with Crippen molar-refractivity contribution in [1.29, 1.82) is 0 Å². The minimum Gasteiger partial charge on any atom is -0.349 e. The smallest absolute Gasteiger partial charge is 0.205 e. The molecule has 2 aromatic heterocycles. The number of aliphatic imine (C=N–C) groups is 1. The van der Waals surface area contributed by atoms with Gasteiger partial charge >= 0.3 is 0 Å². The molecule has 30 heavy (non-hydrogen) atoms. The Hall–Kier alpha value is -2.21. The van der Waals surface area contributed by atoms with Crippen LogP contribution >= 0.6 is 35.5 Å². The highest BCUT2D eigenvalue weighted by atomic mass is 127. The van der Waals surface area contributed by atoms with Crippen LogP contribution in [0.4, 0.5) is 5.13 Å². The Labute approximate surface area is 198 Å². The van der Waals surface area contributed by atoms with Gasteiger partial charge in [0.1, 0.15) is 11.6 Å². The molecule has 10 heteroatoms. The van der Waals surface area contributed by atoms with Gasteiger partial charge in [-0.1, -0.05) is 37.3 Å². The summed E-state index contributed by atoms with van der Waals surface area (Å²) in [6.45, 7) is 6.31. The molecule has 160 valence electrons. The third-order valence-electron chi connectivity index (χ3n) is 4.96. The van der Waals surface area contributed by atoms with Gasteiger partial charge in [-0.2, -0.15) is 4.37 Å². The summed E-state index contributed by atoms with van der Waals surface area (Å²) in [4.78, 5) is 21.5. The molecule has 3 heterocycles. The van der Waals surface area contributed by atoms with Crippen LogP contribution in [0.1, 0.15) is 18.6 Å². The van der Waals surface area contributed by atoms with E-state index in [1.165, 1.54) is 11.5 Å². The van der Waals surface area contributed by atoms with Gasteiger partial charge in [-0.15, -0.1) is 24.0 Å². The Morgan fingerprint density at radius 2 is 1.97 bits per heavy atom. The molecule has 1 aromatic carbocycles. The molecule has 0 aliphatic carbocycles. The van der Waals surface area contributed by atoms with E-state index >= 15 is 0 Å². The monoisotopic (exact) mass is 538 g/mol. The SMILES string of the molecule is CCc1nsc(N2CCN(C(=NC)NCc3ncc(-c4ccccc4)[nH]3)CC2)n1.I. The lowest BCUT2D eigenvalue weighted by molar-refractivity contribution is 0.372. The summed E-state index contributed by atoms with van der Waals surface area (Å²) in [6, 6.07) is 10.2. The van der Waals surface area contributed by atoms with Gasteiger partial charge in [0.15, 0.2) is 5.96 Å². The molecule has 1 aliphatic rings. The minimum atomic E-state index is 0. The first-order valence-electron chi connectivity index (χ1n) is 9.89. The second kappa shape index (κ2) is 10.7. The summed E-state index contributed by atoms with van der Waals surface area (Å²) in [5, 5.41) is 4.45. The van der Waals surface area contributed by atoms with Crippen molar-refractivity contribution in [3.8, 4) is 11.3 Å². The van der Waals surface area contributed by atoms with Crippen LogP contribution in [0.25, 0.3) is 11.3 Å². The molecule has 0 saturated carbocycles. The number of aromatic nitrogens is 4. The van der Waals surface area contributed by atoms with Crippen LogP contribution in [0.3, 0.4) is 0 Å². The second-order valence-electron chi connectivity index (χ2n) is 6.83. The second-order valence-corrected chi connectivity index (χ2v) is 7.56. The molecule has 0 unspecified atom stereocenters. The van der Waals surface area contributed by atoms with Crippen molar-refractivity contribution in [2.45, 2.75) is 19.9 Å². The lowest BCUT2D eigenvalue weighted by atomic mass is 10.2. The fraction of sp³-hybridized carbons (Fsp3) is 0.400. The van der Waals surface area contributed by atoms with Crippen LogP contribution in [0.2, 0.25) is 0 Å². The number of benzene rings is 1. The summed E-state index contributed by atoms with van der Waals surface area (Å²) in [7, 11) is 1.82. The van der Waals surface area contributed by atoms with Crippen LogP contribution in [0, 0.1) is 0 Å². The highest BCUT2D eigenvalue weighted by molar-refractivity contribution is 14.0. The zero-order valence-corrected chi connectivity index (χ0v) is 20.4. The standard InChI is InChI=1S/C20H26N8S.HI/c1-3-17-25-20(29-26-17)28-11-9-27(10-12-28)19(21-2)23-14-18-22-13-16(24-18)15-7-5-4-6-8-15;/h4-8,13H,3,9-12,14H2,1-2H3,(H,21,23)(H,22,24);1H. The molecular weight excluding hydrogens is 511 g/mol. The summed E-state index contributed by atoms with van der Waals surface area (Å²) in [5.74, 6) is 2.72. The summed E-state index contributed by atoms with van der Waals surface area (Å²) >= 11 is 1.49. The predicted octanol–water partition coefficient (Wildman–Crippen LogP) is 3.01. The average molecular weight is 538 g/mol. The van der Waals surface area contributed by atoms with E-state index in [0.717, 1.165) is 66.6 Å². The average Bonchev–Trinajstić information content (AvgIpc) is 3.45. The molecule has 8 nitrogen and oxygen atoms in total. The van der Waals surface area contributed by atoms with Gasteiger partial charge in [0.05, 0.1) is 18.4 Å². The Balaban J connectivity index is 0.00000256. The van der Waals surface area contributed by atoms with Crippen LogP contribution in [-0.4, -0.2) is 63.4 Å². The quantitative estimate of drug-likeness (QED) is 0.295. The number of nitrogens with one attached hydrogen (secondary N) is 2. The van der Waals surface area contributed by atoms with E-state index in [-0.39, 0.29) is 24.0 Å². The predicted molar refractivity (Wildman–Crippen MR) is 133 cm³/mol. The Morgan fingerprint density at radius 3 is 2.63 bits per heavy atom. The molecule has 0 radical (unpaired) electrons. The van der Waals surface area contributed by atoms with Gasteiger partial charge in [0.25, 0.3) is 0 Å². The highest BCUT2D eigenvalue weighted by Gasteiger charge is 2.22. The van der Waals surface area contributed by atoms with E-state index in [1.54, 1.807) is 0 Å². The van der Waals surface area contributed by atoms with E-state index in [9.17, 15) is 0 Å². The van der Waals surface area contributed by atoms with Gasteiger partial charge < -0.3 is 20.1 Å². The highest BCUT2D eigenvalue weighted by Crippen LogP contribution is 2.19. The van der Waals surface area contributed by atoms with Gasteiger partial charge in [0.2, 0.25) is 5.13 Å². The number of anilines is 1. The molecular formula is C20H27IN8S. The van der Waals surface area contributed by atoms with Gasteiger partial charge in [-0.3, -0.25) is 4.99 Å². The fourth-order valence-corrected chi connectivity index (χ4v) is 4.14. The van der Waals surface area contributed by atoms with Crippen molar-refractivity contribution < 1.29 is 0 Å². The van der Waals surface area contributed by atoms with E-state index < -0.39 is 0 Å². The van der Waals surface area contributed by atoms with Crippen LogP contribution < -0.4 is 10.2 Å². The number of H-pyrrole nitrogens is 1. The minimum absolute atomic E-state index is 0. The Kier molecular flexibility index (Phi) is 8.02. The van der Waals surface area contributed by atoms with Crippen molar-refractivity contribution in [2.24, 2.45) is 4.99 Å². The number of piperazine rings is 1. The first-order valence-corrected chi connectivity index (χ1v) is 10.7. The first-order chi connectivity index (χ1) is 14.3. The third-order valence-corrected chi connectivity index (χ3v) is 5.78. The van der Waals surface area contributed by atoms with Gasteiger partial charge in [0, 0.05) is 51.2 Å². The van der Waals surface area contributed by atoms with Crippen LogP contribution in [-0.2, 0) is 13.0 Å². The number of hydrogen-bond donors (Lipinski definition) is 2. The number of guanidine groups is 1. The van der Waals surface area contributed by atoms with E-state index in [0.29, 0.717) is 6.54 Å². The third kappa shape index (κ3) is 5.28. The number of halogens is 1. The maximum absolute atomic E-state index is 4.60. The fourth-order valence-electron chi connectivity index (χ4n) is 3.34. The molecule has 0 amide bonds. The lowest BCUT2D eigenvalue weighted by Crippen LogP contribution is -2.52. The van der Waals surface area contributed by atoms with Crippen molar-refractivity contribution in [3.05, 3.63) is 48.2 Å². The topological polar surface area (TPSA) is 85.3 Å². The Bertz CT molecular complexity index is 947. The summed E-state index contributed by atoms with van der Waals surface area (Å²) in [5.41, 5.74) is 2.16. The maximum Gasteiger partial charge on any atom is 0.205 e. The normalized spacial score (nSPS) is 14.5. The molecule has 1 aliphatic heterocycles. The van der Waals surface area contributed by atoms with E-state index in [2.05, 4.69) is 58.5 Å². The van der Waals surface area contributed by atoms with Crippen LogP contribution in [0.15, 0.2) is 41.5 Å². The number of hydrogen-bond acceptors (Lipinski definition) is 6. The van der Waals surface area contributed by atoms with E-state index in [4.69, 9.17) is 0 Å². The zero-order valence-electron chi connectivity index (χ0n) is 17.2. The number of imidazole rings is 1. The van der Waals surface area contributed by atoms with Gasteiger partial charge in [-0.05, 0) is 5.56 Å². The van der Waals surface area contributed by atoms with Crippen molar-refractivity contribution >= 4 is 46.6 Å². The molecule has 0 atom stereocenters. The number of nitrogens with zero attached hydrogens (tertiary/aromatic N) is 6. The first kappa shape index (κ1) is 22.5. The largest absolute Gasteiger partial charge is 0.349 e. The number of rotatable bonds is 5. The number of aromatic amines is 1. The molecule has 0 bridgehead atoms. The summed E-state index contributed by atoms with van der Waals surface area (Å²) < 4.78 is 4.40. The van der Waals surface area contributed by atoms with Crippen molar-refractivity contribution in [1.82, 2.24) is 29.5 Å². The summed E-state index contributed by atoms with van der Waals surface area (Å²) in [6.07, 6.45) is 2.76. The molecule has 4 rings (SSSR count). The molecule has 3 aromatic rings.